The first-order valence-corrected chi connectivity index (χ1v) is 11.0. The summed E-state index contributed by atoms with van der Waals surface area (Å²) < 4.78 is 32.9. The number of hydrogen-bond acceptors (Lipinski definition) is 4. The van der Waals surface area contributed by atoms with Gasteiger partial charge in [0.05, 0.1) is 17.5 Å². The third-order valence-corrected chi connectivity index (χ3v) is 5.97. The lowest BCUT2D eigenvalue weighted by Gasteiger charge is -2.18. The van der Waals surface area contributed by atoms with Crippen LogP contribution in [0.3, 0.4) is 0 Å². The Kier molecular flexibility index (Phi) is 7.60. The lowest BCUT2D eigenvalue weighted by atomic mass is 10.0. The van der Waals surface area contributed by atoms with E-state index in [0.717, 1.165) is 29.7 Å². The normalized spacial score (nSPS) is 12.4. The van der Waals surface area contributed by atoms with E-state index in [9.17, 15) is 13.2 Å². The van der Waals surface area contributed by atoms with Gasteiger partial charge in [-0.3, -0.25) is 4.79 Å². The maximum Gasteiger partial charge on any atom is 0.242 e. The second-order valence-electron chi connectivity index (χ2n) is 6.40. The van der Waals surface area contributed by atoms with E-state index in [-0.39, 0.29) is 4.90 Å². The molecule has 2 aromatic rings. The first kappa shape index (κ1) is 21.9. The van der Waals surface area contributed by atoms with Gasteiger partial charge in [-0.1, -0.05) is 32.0 Å². The van der Waals surface area contributed by atoms with Gasteiger partial charge in [-0.05, 0) is 62.1 Å². The first-order chi connectivity index (χ1) is 13.3. The van der Waals surface area contributed by atoms with E-state index in [2.05, 4.69) is 10.0 Å². The Morgan fingerprint density at radius 1 is 1.00 bits per heavy atom. The fraction of sp³-hybridized carbons (Fsp3) is 0.381. The molecule has 7 heteroatoms. The van der Waals surface area contributed by atoms with Gasteiger partial charge in [0.2, 0.25) is 15.9 Å². The monoisotopic (exact) mass is 404 g/mol. The number of carbonyl (C=O) groups excluding carboxylic acids is 1. The van der Waals surface area contributed by atoms with Gasteiger partial charge in [0.1, 0.15) is 5.75 Å². The summed E-state index contributed by atoms with van der Waals surface area (Å²) in [6.45, 7) is 7.92. The molecule has 2 rings (SSSR count). The van der Waals surface area contributed by atoms with E-state index in [1.165, 1.54) is 19.1 Å². The van der Waals surface area contributed by atoms with Gasteiger partial charge in [-0.25, -0.2) is 8.42 Å². The summed E-state index contributed by atoms with van der Waals surface area (Å²) in [5, 5.41) is 2.89. The number of anilines is 1. The van der Waals surface area contributed by atoms with Crippen LogP contribution < -0.4 is 14.8 Å². The van der Waals surface area contributed by atoms with Gasteiger partial charge in [0.25, 0.3) is 0 Å². The molecule has 6 nitrogen and oxygen atoms in total. The molecule has 0 fully saturated rings. The highest BCUT2D eigenvalue weighted by Crippen LogP contribution is 2.23. The molecule has 152 valence electrons. The minimum absolute atomic E-state index is 0.0822. The molecular formula is C21H28N2O4S. The predicted molar refractivity (Wildman–Crippen MR) is 111 cm³/mol. The molecule has 0 heterocycles. The van der Waals surface area contributed by atoms with Crippen molar-refractivity contribution in [2.24, 2.45) is 0 Å². The first-order valence-electron chi connectivity index (χ1n) is 9.49. The van der Waals surface area contributed by atoms with Crippen LogP contribution >= 0.6 is 0 Å². The second-order valence-corrected chi connectivity index (χ2v) is 8.11. The van der Waals surface area contributed by atoms with E-state index < -0.39 is 22.0 Å². The summed E-state index contributed by atoms with van der Waals surface area (Å²) >= 11 is 0. The molecule has 0 bridgehead atoms. The van der Waals surface area contributed by atoms with Gasteiger partial charge in [0.15, 0.2) is 0 Å². The number of nitrogens with one attached hydrogen (secondary N) is 2. The molecule has 28 heavy (non-hydrogen) atoms. The quantitative estimate of drug-likeness (QED) is 0.670. The Balaban J connectivity index is 2.13. The summed E-state index contributed by atoms with van der Waals surface area (Å²) in [7, 11) is -3.83. The van der Waals surface area contributed by atoms with Crippen molar-refractivity contribution >= 4 is 21.6 Å². The van der Waals surface area contributed by atoms with Crippen molar-refractivity contribution in [2.75, 3.05) is 11.9 Å². The predicted octanol–water partition coefficient (Wildman–Crippen LogP) is 3.52. The van der Waals surface area contributed by atoms with Crippen LogP contribution in [0.25, 0.3) is 0 Å². The molecule has 2 N–H and O–H groups in total. The van der Waals surface area contributed by atoms with Crippen LogP contribution in [0.2, 0.25) is 0 Å². The topological polar surface area (TPSA) is 84.5 Å². The number of benzene rings is 2. The number of sulfonamides is 1. The highest BCUT2D eigenvalue weighted by atomic mass is 32.2. The molecular weight excluding hydrogens is 376 g/mol. The minimum Gasteiger partial charge on any atom is -0.494 e. The summed E-state index contributed by atoms with van der Waals surface area (Å²) in [5.74, 6) is 0.195. The molecule has 0 saturated heterocycles. The third-order valence-electron chi connectivity index (χ3n) is 4.42. The number of ether oxygens (including phenoxy) is 1. The second kappa shape index (κ2) is 9.71. The zero-order valence-corrected chi connectivity index (χ0v) is 17.6. The van der Waals surface area contributed by atoms with E-state index in [1.54, 1.807) is 12.1 Å². The van der Waals surface area contributed by atoms with Crippen LogP contribution in [0.4, 0.5) is 5.69 Å². The van der Waals surface area contributed by atoms with Crippen LogP contribution in [0, 0.1) is 0 Å². The minimum atomic E-state index is -3.83. The molecule has 1 amide bonds. The number of para-hydroxylation sites is 1. The van der Waals surface area contributed by atoms with Gasteiger partial charge in [-0.15, -0.1) is 0 Å². The molecule has 0 aliphatic heterocycles. The highest BCUT2D eigenvalue weighted by molar-refractivity contribution is 7.89. The Morgan fingerprint density at radius 2 is 1.57 bits per heavy atom. The van der Waals surface area contributed by atoms with Crippen LogP contribution in [0.15, 0.2) is 47.4 Å². The summed E-state index contributed by atoms with van der Waals surface area (Å²) in [4.78, 5) is 12.7. The number of rotatable bonds is 9. The summed E-state index contributed by atoms with van der Waals surface area (Å²) in [5.41, 5.74) is 2.81. The van der Waals surface area contributed by atoms with E-state index in [0.29, 0.717) is 12.4 Å². The average Bonchev–Trinajstić information content (AvgIpc) is 2.68. The van der Waals surface area contributed by atoms with Crippen molar-refractivity contribution in [3.8, 4) is 5.75 Å². The molecule has 0 spiro atoms. The van der Waals surface area contributed by atoms with Crippen LogP contribution in [-0.2, 0) is 27.7 Å². The standard InChI is InChI=1S/C21H28N2O4S/c1-5-16-9-8-10-17(6-2)20(16)22-21(24)15(4)23-28(25,26)19-13-11-18(12-14-19)27-7-3/h8-15,23H,5-7H2,1-4H3,(H,22,24)/t15-/m1/s1. The molecule has 1 atom stereocenters. The van der Waals surface area contributed by atoms with Crippen molar-refractivity contribution in [1.82, 2.24) is 4.72 Å². The molecule has 0 aliphatic rings. The molecule has 0 aromatic heterocycles. The Labute approximate surface area is 167 Å². The van der Waals surface area contributed by atoms with Crippen molar-refractivity contribution in [2.45, 2.75) is 51.5 Å². The fourth-order valence-corrected chi connectivity index (χ4v) is 4.07. The van der Waals surface area contributed by atoms with Gasteiger partial charge < -0.3 is 10.1 Å². The Bertz CT molecular complexity index is 886. The SMILES string of the molecule is CCOc1ccc(S(=O)(=O)N[C@H](C)C(=O)Nc2c(CC)cccc2CC)cc1. The zero-order valence-electron chi connectivity index (χ0n) is 16.8. The number of amides is 1. The lowest BCUT2D eigenvalue weighted by Crippen LogP contribution is -2.41. The smallest absolute Gasteiger partial charge is 0.242 e. The van der Waals surface area contributed by atoms with Gasteiger partial charge in [0, 0.05) is 5.69 Å². The van der Waals surface area contributed by atoms with Crippen molar-refractivity contribution in [3.05, 3.63) is 53.6 Å². The van der Waals surface area contributed by atoms with Crippen LogP contribution in [-0.4, -0.2) is 27.0 Å². The Hall–Kier alpha value is -2.38. The van der Waals surface area contributed by atoms with E-state index in [4.69, 9.17) is 4.74 Å². The Morgan fingerprint density at radius 3 is 2.07 bits per heavy atom. The maximum absolute atomic E-state index is 12.6. The van der Waals surface area contributed by atoms with Crippen molar-refractivity contribution < 1.29 is 17.9 Å². The molecule has 0 radical (unpaired) electrons. The number of aryl methyl sites for hydroxylation is 2. The van der Waals surface area contributed by atoms with Crippen molar-refractivity contribution in [1.29, 1.82) is 0 Å². The number of carbonyl (C=O) groups is 1. The van der Waals surface area contributed by atoms with Crippen LogP contribution in [0.1, 0.15) is 38.8 Å². The fourth-order valence-electron chi connectivity index (χ4n) is 2.87. The summed E-state index contributed by atoms with van der Waals surface area (Å²) in [6.07, 6.45) is 1.55. The molecule has 0 saturated carbocycles. The molecule has 0 aliphatic carbocycles. The van der Waals surface area contributed by atoms with Gasteiger partial charge >= 0.3 is 0 Å². The summed E-state index contributed by atoms with van der Waals surface area (Å²) in [6, 6.07) is 11.1. The van der Waals surface area contributed by atoms with Crippen LogP contribution in [0.5, 0.6) is 5.75 Å². The average molecular weight is 405 g/mol. The maximum atomic E-state index is 12.6. The lowest BCUT2D eigenvalue weighted by molar-refractivity contribution is -0.117. The largest absolute Gasteiger partial charge is 0.494 e. The molecule has 0 unspecified atom stereocenters. The van der Waals surface area contributed by atoms with Crippen molar-refractivity contribution in [3.63, 3.8) is 0 Å². The van der Waals surface area contributed by atoms with Gasteiger partial charge in [-0.2, -0.15) is 4.72 Å². The van der Waals surface area contributed by atoms with E-state index >= 15 is 0 Å². The number of hydrogen-bond donors (Lipinski definition) is 2. The highest BCUT2D eigenvalue weighted by Gasteiger charge is 2.23. The molecule has 2 aromatic carbocycles. The van der Waals surface area contributed by atoms with E-state index in [1.807, 2.05) is 39.0 Å². The zero-order chi connectivity index (χ0) is 20.7. The third kappa shape index (κ3) is 5.33.